The first kappa shape index (κ1) is 10.3. The normalized spacial score (nSPS) is 14.7. The summed E-state index contributed by atoms with van der Waals surface area (Å²) in [7, 11) is 0. The maximum Gasteiger partial charge on any atom is 0.153 e. The van der Waals surface area contributed by atoms with E-state index in [1.54, 1.807) is 0 Å². The van der Waals surface area contributed by atoms with Crippen molar-refractivity contribution in [3.8, 4) is 0 Å². The van der Waals surface area contributed by atoms with Crippen molar-refractivity contribution in [2.24, 2.45) is 5.92 Å². The topological polar surface area (TPSA) is 38.7 Å². The third-order valence-electron chi connectivity index (χ3n) is 2.76. The Hall–Kier alpha value is -1.25. The van der Waals surface area contributed by atoms with Crippen LogP contribution in [0.2, 0.25) is 0 Å². The second-order valence-electron chi connectivity index (χ2n) is 4.71. The summed E-state index contributed by atoms with van der Waals surface area (Å²) in [5.41, 5.74) is 3.47. The van der Waals surface area contributed by atoms with Crippen molar-refractivity contribution in [1.82, 2.24) is 15.2 Å². The van der Waals surface area contributed by atoms with E-state index in [4.69, 9.17) is 0 Å². The number of fused-ring (bicyclic) bond motifs is 1. The van der Waals surface area contributed by atoms with Crippen LogP contribution in [-0.4, -0.2) is 15.2 Å². The third-order valence-corrected chi connectivity index (χ3v) is 2.76. The molecule has 1 aliphatic carbocycles. The zero-order chi connectivity index (χ0) is 11.0. The molecule has 0 bridgehead atoms. The molecule has 1 aromatic heterocycles. The summed E-state index contributed by atoms with van der Waals surface area (Å²) >= 11 is 0. The predicted octanol–water partition coefficient (Wildman–Crippen LogP) is 2.59. The number of allylic oxidation sites excluding steroid dienone is 1. The van der Waals surface area contributed by atoms with E-state index in [0.717, 1.165) is 23.6 Å². The Balaban J connectivity index is 2.31. The van der Waals surface area contributed by atoms with Gasteiger partial charge >= 0.3 is 0 Å². The molecule has 80 valence electrons. The van der Waals surface area contributed by atoms with Gasteiger partial charge in [-0.05, 0) is 12.0 Å². The van der Waals surface area contributed by atoms with Crippen LogP contribution in [0.25, 0.3) is 6.08 Å². The van der Waals surface area contributed by atoms with E-state index in [1.165, 1.54) is 5.57 Å². The Kier molecular flexibility index (Phi) is 2.55. The molecule has 0 aromatic carbocycles. The van der Waals surface area contributed by atoms with Crippen LogP contribution >= 0.6 is 0 Å². The van der Waals surface area contributed by atoms with Crippen LogP contribution in [0.3, 0.4) is 0 Å². The van der Waals surface area contributed by atoms with Crippen LogP contribution in [0.1, 0.15) is 50.8 Å². The van der Waals surface area contributed by atoms with Gasteiger partial charge in [-0.25, -0.2) is 4.98 Å². The van der Waals surface area contributed by atoms with Crippen molar-refractivity contribution >= 4 is 6.08 Å². The first-order valence-electron chi connectivity index (χ1n) is 5.52. The molecule has 3 nitrogen and oxygen atoms in total. The summed E-state index contributed by atoms with van der Waals surface area (Å²) in [6.07, 6.45) is 3.08. The molecule has 0 fully saturated rings. The van der Waals surface area contributed by atoms with E-state index in [0.29, 0.717) is 11.8 Å². The van der Waals surface area contributed by atoms with Crippen molar-refractivity contribution in [3.05, 3.63) is 22.8 Å². The third kappa shape index (κ3) is 1.91. The quantitative estimate of drug-likeness (QED) is 0.741. The molecule has 0 saturated heterocycles. The van der Waals surface area contributed by atoms with Crippen LogP contribution in [-0.2, 0) is 6.42 Å². The number of hydrogen-bond donors (Lipinski definition) is 0. The SMILES string of the molecule is CC(C)C1=Cc2nnc(C(C)C)nc2C1. The molecular formula is C12H17N3. The minimum atomic E-state index is 0.353. The molecule has 1 heterocycles. The molecule has 0 radical (unpaired) electrons. The summed E-state index contributed by atoms with van der Waals surface area (Å²) in [6, 6.07) is 0. The molecule has 1 aliphatic rings. The van der Waals surface area contributed by atoms with Gasteiger partial charge < -0.3 is 0 Å². The highest BCUT2D eigenvalue weighted by Crippen LogP contribution is 2.26. The van der Waals surface area contributed by atoms with Gasteiger partial charge in [-0.3, -0.25) is 0 Å². The van der Waals surface area contributed by atoms with E-state index in [9.17, 15) is 0 Å². The van der Waals surface area contributed by atoms with Gasteiger partial charge in [-0.2, -0.15) is 0 Å². The van der Waals surface area contributed by atoms with Gasteiger partial charge in [0.05, 0.1) is 5.69 Å². The van der Waals surface area contributed by atoms with Crippen molar-refractivity contribution in [1.29, 1.82) is 0 Å². The fourth-order valence-electron chi connectivity index (χ4n) is 1.66. The molecule has 0 aliphatic heterocycles. The van der Waals surface area contributed by atoms with Gasteiger partial charge in [0.15, 0.2) is 5.82 Å². The first-order valence-corrected chi connectivity index (χ1v) is 5.52. The zero-order valence-corrected chi connectivity index (χ0v) is 9.78. The second-order valence-corrected chi connectivity index (χ2v) is 4.71. The average Bonchev–Trinajstić information content (AvgIpc) is 2.59. The lowest BCUT2D eigenvalue weighted by Gasteiger charge is -2.05. The lowest BCUT2D eigenvalue weighted by molar-refractivity contribution is 0.709. The molecule has 0 amide bonds. The first-order chi connectivity index (χ1) is 7.08. The Labute approximate surface area is 90.6 Å². The van der Waals surface area contributed by atoms with Gasteiger partial charge in [0.2, 0.25) is 0 Å². The molecular weight excluding hydrogens is 186 g/mol. The largest absolute Gasteiger partial charge is 0.233 e. The van der Waals surface area contributed by atoms with E-state index in [-0.39, 0.29) is 0 Å². The van der Waals surface area contributed by atoms with Crippen LogP contribution < -0.4 is 0 Å². The summed E-state index contributed by atoms with van der Waals surface area (Å²) in [5, 5.41) is 8.36. The van der Waals surface area contributed by atoms with E-state index in [1.807, 2.05) is 0 Å². The molecule has 1 aromatic rings. The summed E-state index contributed by atoms with van der Waals surface area (Å²) in [5.74, 6) is 1.78. The van der Waals surface area contributed by atoms with Crippen molar-refractivity contribution in [2.45, 2.75) is 40.0 Å². The Morgan fingerprint density at radius 2 is 1.80 bits per heavy atom. The minimum Gasteiger partial charge on any atom is -0.233 e. The van der Waals surface area contributed by atoms with Gasteiger partial charge in [-0.15, -0.1) is 10.2 Å². The number of rotatable bonds is 2. The fourth-order valence-corrected chi connectivity index (χ4v) is 1.66. The standard InChI is InChI=1S/C12H17N3/c1-7(2)9-5-10-11(6-9)14-15-12(13-10)8(3)4/h6-8H,5H2,1-4H3. The van der Waals surface area contributed by atoms with Crippen LogP contribution in [0.4, 0.5) is 0 Å². The summed E-state index contributed by atoms with van der Waals surface area (Å²) < 4.78 is 0. The van der Waals surface area contributed by atoms with Gasteiger partial charge in [0.25, 0.3) is 0 Å². The van der Waals surface area contributed by atoms with Crippen LogP contribution in [0.15, 0.2) is 5.57 Å². The van der Waals surface area contributed by atoms with Gasteiger partial charge in [0, 0.05) is 12.3 Å². The lowest BCUT2D eigenvalue weighted by atomic mass is 10.0. The molecule has 0 unspecified atom stereocenters. The molecule has 0 N–H and O–H groups in total. The highest BCUT2D eigenvalue weighted by Gasteiger charge is 2.19. The number of hydrogen-bond acceptors (Lipinski definition) is 3. The highest BCUT2D eigenvalue weighted by atomic mass is 15.2. The van der Waals surface area contributed by atoms with Gasteiger partial charge in [-0.1, -0.05) is 33.3 Å². The lowest BCUT2D eigenvalue weighted by Crippen LogP contribution is -2.04. The highest BCUT2D eigenvalue weighted by molar-refractivity contribution is 5.58. The molecule has 0 atom stereocenters. The van der Waals surface area contributed by atoms with Crippen molar-refractivity contribution in [2.75, 3.05) is 0 Å². The summed E-state index contributed by atoms with van der Waals surface area (Å²) in [4.78, 5) is 4.56. The summed E-state index contributed by atoms with van der Waals surface area (Å²) in [6.45, 7) is 8.59. The smallest absolute Gasteiger partial charge is 0.153 e. The molecule has 15 heavy (non-hydrogen) atoms. The monoisotopic (exact) mass is 203 g/mol. The van der Waals surface area contributed by atoms with Gasteiger partial charge in [0.1, 0.15) is 5.69 Å². The maximum atomic E-state index is 4.56. The average molecular weight is 203 g/mol. The zero-order valence-electron chi connectivity index (χ0n) is 9.78. The van der Waals surface area contributed by atoms with E-state index in [2.05, 4.69) is 49.0 Å². The Morgan fingerprint density at radius 3 is 2.40 bits per heavy atom. The molecule has 0 saturated carbocycles. The number of nitrogens with zero attached hydrogens (tertiary/aromatic N) is 3. The van der Waals surface area contributed by atoms with Crippen molar-refractivity contribution in [3.63, 3.8) is 0 Å². The number of aromatic nitrogens is 3. The predicted molar refractivity (Wildman–Crippen MR) is 60.4 cm³/mol. The Morgan fingerprint density at radius 1 is 1.07 bits per heavy atom. The Bertz CT molecular complexity index is 405. The van der Waals surface area contributed by atoms with E-state index >= 15 is 0 Å². The molecule has 3 heteroatoms. The molecule has 0 spiro atoms. The molecule has 2 rings (SSSR count). The van der Waals surface area contributed by atoms with Crippen LogP contribution in [0, 0.1) is 5.92 Å². The van der Waals surface area contributed by atoms with Crippen molar-refractivity contribution < 1.29 is 0 Å². The fraction of sp³-hybridized carbons (Fsp3) is 0.583. The van der Waals surface area contributed by atoms with E-state index < -0.39 is 0 Å². The second kappa shape index (κ2) is 3.72. The van der Waals surface area contributed by atoms with Crippen LogP contribution in [0.5, 0.6) is 0 Å². The maximum absolute atomic E-state index is 4.56. The minimum absolute atomic E-state index is 0.353.